The number of rotatable bonds is 7. The third-order valence-corrected chi connectivity index (χ3v) is 7.05. The van der Waals surface area contributed by atoms with Gasteiger partial charge >= 0.3 is 19.5 Å². The van der Waals surface area contributed by atoms with Crippen molar-refractivity contribution in [3.8, 4) is 0 Å². The summed E-state index contributed by atoms with van der Waals surface area (Å²) in [7, 11) is 0.102. The van der Waals surface area contributed by atoms with Gasteiger partial charge in [-0.2, -0.15) is 26.3 Å². The van der Waals surface area contributed by atoms with Crippen molar-refractivity contribution >= 4 is 64.6 Å². The molecule has 1 amide bonds. The van der Waals surface area contributed by atoms with Gasteiger partial charge in [0.2, 0.25) is 5.91 Å². The zero-order chi connectivity index (χ0) is 27.7. The van der Waals surface area contributed by atoms with Gasteiger partial charge in [-0.1, -0.05) is 58.7 Å². The fourth-order valence-electron chi connectivity index (χ4n) is 4.01. The number of nitrogens with zero attached hydrogens (tertiary/aromatic N) is 1. The molecule has 38 heavy (non-hydrogen) atoms. The Morgan fingerprint density at radius 2 is 1.68 bits per heavy atom. The third-order valence-electron chi connectivity index (χ3n) is 5.54. The molecule has 4 rings (SSSR count). The molecule has 3 aromatic rings. The normalized spacial score (nSPS) is 17.7. The first kappa shape index (κ1) is 28.4. The summed E-state index contributed by atoms with van der Waals surface area (Å²) in [6.07, 6.45) is -9.51. The molecule has 1 aliphatic heterocycles. The molecular formula is C24H16BCl2F6N2O2S. The molecule has 1 radical (unpaired) electrons. The quantitative estimate of drug-likeness (QED) is 0.181. The Morgan fingerprint density at radius 1 is 1.03 bits per heavy atom. The number of amides is 1. The third kappa shape index (κ3) is 6.89. The van der Waals surface area contributed by atoms with Gasteiger partial charge in [0.05, 0.1) is 11.5 Å². The molecule has 1 N–H and O–H groups in total. The fourth-order valence-corrected chi connectivity index (χ4v) is 5.43. The van der Waals surface area contributed by atoms with E-state index in [1.807, 2.05) is 5.32 Å². The highest BCUT2D eigenvalue weighted by Gasteiger charge is 2.52. The van der Waals surface area contributed by atoms with Gasteiger partial charge in [0.1, 0.15) is 12.0 Å². The van der Waals surface area contributed by atoms with Gasteiger partial charge in [0.25, 0.3) is 0 Å². The van der Waals surface area contributed by atoms with E-state index in [4.69, 9.17) is 28.0 Å². The van der Waals surface area contributed by atoms with Gasteiger partial charge in [-0.25, -0.2) is 0 Å². The number of hydrogen-bond acceptors (Lipinski definition) is 4. The zero-order valence-electron chi connectivity index (χ0n) is 19.1. The number of alkyl halides is 6. The molecule has 1 atom stereocenters. The van der Waals surface area contributed by atoms with Crippen molar-refractivity contribution in [2.75, 3.05) is 12.3 Å². The number of carbonyl (C=O) groups excluding carboxylic acids is 1. The van der Waals surface area contributed by atoms with E-state index in [9.17, 15) is 31.1 Å². The van der Waals surface area contributed by atoms with Gasteiger partial charge in [0, 0.05) is 26.9 Å². The number of carbonyl (C=O) groups is 1. The molecule has 1 aliphatic rings. The van der Waals surface area contributed by atoms with Gasteiger partial charge in [0.15, 0.2) is 0 Å². The fraction of sp³-hybridized carbons (Fsp3) is 0.250. The molecule has 4 nitrogen and oxygen atoms in total. The standard InChI is InChI=1S/C24H16BCl2F6N2O2S/c26-14-7-13(8-15(27)9-14)22(25-24(31,32)33)10-19(35-37-22)17-5-6-20(18-4-2-1-3-16(17)18)38-11-21(36)34-12-23(28,29)30/h1-9H,10-12H2,(H,34,36)/t22-/m0/s1. The van der Waals surface area contributed by atoms with Crippen LogP contribution in [0.4, 0.5) is 26.3 Å². The van der Waals surface area contributed by atoms with Crippen LogP contribution in [0.15, 0.2) is 64.6 Å². The van der Waals surface area contributed by atoms with Crippen molar-refractivity contribution in [2.45, 2.75) is 29.1 Å². The summed E-state index contributed by atoms with van der Waals surface area (Å²) in [5.74, 6) is -1.05. The molecule has 199 valence electrons. The van der Waals surface area contributed by atoms with Crippen molar-refractivity contribution in [1.82, 2.24) is 5.32 Å². The number of hydrogen-bond donors (Lipinski definition) is 1. The minimum atomic E-state index is -4.71. The Kier molecular flexibility index (Phi) is 8.16. The average molecular weight is 592 g/mol. The number of halogens is 8. The number of fused-ring (bicyclic) bond motifs is 1. The van der Waals surface area contributed by atoms with Crippen LogP contribution >= 0.6 is 35.0 Å². The number of benzene rings is 3. The molecule has 1 heterocycles. The van der Waals surface area contributed by atoms with Crippen LogP contribution in [-0.4, -0.2) is 43.4 Å². The molecule has 14 heteroatoms. The average Bonchev–Trinajstić information content (AvgIpc) is 3.23. The van der Waals surface area contributed by atoms with E-state index in [0.717, 1.165) is 11.8 Å². The maximum absolute atomic E-state index is 13.6. The molecule has 3 aromatic carbocycles. The van der Waals surface area contributed by atoms with Crippen LogP contribution < -0.4 is 5.32 Å². The second-order valence-electron chi connectivity index (χ2n) is 8.38. The first-order valence-corrected chi connectivity index (χ1v) is 12.6. The van der Waals surface area contributed by atoms with Crippen molar-refractivity contribution < 1.29 is 36.0 Å². The Hall–Kier alpha value is -2.57. The van der Waals surface area contributed by atoms with Gasteiger partial charge < -0.3 is 10.2 Å². The topological polar surface area (TPSA) is 50.7 Å². The number of thioether (sulfide) groups is 1. The second kappa shape index (κ2) is 10.9. The zero-order valence-corrected chi connectivity index (χ0v) is 21.4. The van der Waals surface area contributed by atoms with Gasteiger partial charge in [-0.05, 0) is 40.6 Å². The van der Waals surface area contributed by atoms with Crippen molar-refractivity contribution in [1.29, 1.82) is 0 Å². The summed E-state index contributed by atoms with van der Waals surface area (Å²) >= 11 is 13.1. The Labute approximate surface area is 227 Å². The van der Waals surface area contributed by atoms with E-state index < -0.39 is 30.2 Å². The monoisotopic (exact) mass is 591 g/mol. The van der Waals surface area contributed by atoms with Crippen molar-refractivity contribution in [3.63, 3.8) is 0 Å². The minimum Gasteiger partial charge on any atom is -0.393 e. The highest BCUT2D eigenvalue weighted by molar-refractivity contribution is 8.00. The molecular weight excluding hydrogens is 576 g/mol. The van der Waals surface area contributed by atoms with Crippen LogP contribution in [0.5, 0.6) is 0 Å². The lowest BCUT2D eigenvalue weighted by Gasteiger charge is -2.28. The van der Waals surface area contributed by atoms with E-state index in [1.54, 1.807) is 36.4 Å². The van der Waals surface area contributed by atoms with Gasteiger partial charge in [-0.15, -0.1) is 11.8 Å². The summed E-state index contributed by atoms with van der Waals surface area (Å²) in [6, 6.07) is 14.2. The highest BCUT2D eigenvalue weighted by atomic mass is 35.5. The maximum Gasteiger partial charge on any atom is 0.405 e. The van der Waals surface area contributed by atoms with E-state index >= 15 is 0 Å². The predicted molar refractivity (Wildman–Crippen MR) is 136 cm³/mol. The molecule has 0 saturated heterocycles. The van der Waals surface area contributed by atoms with Crippen molar-refractivity contribution in [3.05, 3.63) is 75.8 Å². The minimum absolute atomic E-state index is 0.0763. The van der Waals surface area contributed by atoms with Crippen LogP contribution in [0.2, 0.25) is 10.0 Å². The van der Waals surface area contributed by atoms with Crippen LogP contribution in [0.3, 0.4) is 0 Å². The first-order chi connectivity index (χ1) is 17.7. The van der Waals surface area contributed by atoms with Crippen LogP contribution in [0.1, 0.15) is 17.5 Å². The Balaban J connectivity index is 1.63. The SMILES string of the molecule is O=C(CSc1ccc(C2=NO[C@]([B]C(F)(F)F)(c3cc(Cl)cc(Cl)c3)C2)c2ccccc12)NCC(F)(F)F. The van der Waals surface area contributed by atoms with Crippen LogP contribution in [0, 0.1) is 0 Å². The van der Waals surface area contributed by atoms with Crippen LogP contribution in [-0.2, 0) is 15.1 Å². The summed E-state index contributed by atoms with van der Waals surface area (Å²) in [6.45, 7) is -1.43. The van der Waals surface area contributed by atoms with Crippen molar-refractivity contribution in [2.24, 2.45) is 5.16 Å². The number of oxime groups is 1. The lowest BCUT2D eigenvalue weighted by Crippen LogP contribution is -2.42. The molecule has 0 fully saturated rings. The summed E-state index contributed by atoms with van der Waals surface area (Å²) in [5.41, 5.74) is -1.20. The molecule has 0 bridgehead atoms. The smallest absolute Gasteiger partial charge is 0.393 e. The van der Waals surface area contributed by atoms with E-state index in [2.05, 4.69) is 5.16 Å². The lowest BCUT2D eigenvalue weighted by atomic mass is 9.55. The molecule has 0 aromatic heterocycles. The van der Waals surface area contributed by atoms with E-state index in [1.165, 1.54) is 18.2 Å². The van der Waals surface area contributed by atoms with E-state index in [0.29, 0.717) is 21.2 Å². The Morgan fingerprint density at radius 3 is 2.32 bits per heavy atom. The Bertz CT molecular complexity index is 1380. The van der Waals surface area contributed by atoms with Gasteiger partial charge in [-0.3, -0.25) is 4.79 Å². The number of nitrogens with one attached hydrogen (secondary N) is 1. The van der Waals surface area contributed by atoms with Crippen LogP contribution in [0.25, 0.3) is 10.8 Å². The maximum atomic E-state index is 13.6. The van der Waals surface area contributed by atoms with E-state index in [-0.39, 0.29) is 40.8 Å². The predicted octanol–water partition coefficient (Wildman–Crippen LogP) is 7.12. The molecule has 0 saturated carbocycles. The summed E-state index contributed by atoms with van der Waals surface area (Å²) in [5, 5.41) is 7.33. The second-order valence-corrected chi connectivity index (χ2v) is 10.3. The largest absolute Gasteiger partial charge is 0.405 e. The summed E-state index contributed by atoms with van der Waals surface area (Å²) in [4.78, 5) is 17.9. The molecule has 0 aliphatic carbocycles. The first-order valence-electron chi connectivity index (χ1n) is 10.9. The molecule has 0 unspecified atom stereocenters. The highest BCUT2D eigenvalue weighted by Crippen LogP contribution is 2.42. The summed E-state index contributed by atoms with van der Waals surface area (Å²) < 4.78 is 77.8. The molecule has 0 spiro atoms. The lowest BCUT2D eigenvalue weighted by molar-refractivity contribution is -0.136.